The Hall–Kier alpha value is -1.19. The molecule has 1 heterocycles. The van der Waals surface area contributed by atoms with E-state index in [2.05, 4.69) is 71.3 Å². The van der Waals surface area contributed by atoms with Gasteiger partial charge in [0.05, 0.1) is 11.7 Å². The molecule has 0 fully saturated rings. The molecule has 0 saturated heterocycles. The predicted molar refractivity (Wildman–Crippen MR) is 88.0 cm³/mol. The number of hydrogen-bond donors (Lipinski definition) is 1. The molecule has 0 bridgehead atoms. The Kier molecular flexibility index (Phi) is 5.32. The highest BCUT2D eigenvalue weighted by molar-refractivity contribution is 9.10. The summed E-state index contributed by atoms with van der Waals surface area (Å²) in [6.07, 6.45) is 2.97. The lowest BCUT2D eigenvalue weighted by atomic mass is 9.98. The molecule has 1 aromatic carbocycles. The number of benzene rings is 1. The third-order valence-electron chi connectivity index (χ3n) is 3.51. The Bertz CT molecular complexity index is 564. The molecule has 1 unspecified atom stereocenters. The fourth-order valence-electron chi connectivity index (χ4n) is 2.18. The fourth-order valence-corrected chi connectivity index (χ4v) is 2.42. The van der Waals surface area contributed by atoms with Crippen molar-refractivity contribution in [1.82, 2.24) is 10.3 Å². The number of hydrogen-bond acceptors (Lipinski definition) is 2. The molecule has 0 aliphatic rings. The summed E-state index contributed by atoms with van der Waals surface area (Å²) >= 11 is 3.44. The molecule has 0 aliphatic carbocycles. The van der Waals surface area contributed by atoms with Crippen molar-refractivity contribution < 1.29 is 0 Å². The number of nitrogens with one attached hydrogen (secondary N) is 1. The van der Waals surface area contributed by atoms with Crippen LogP contribution in [0.3, 0.4) is 0 Å². The lowest BCUT2D eigenvalue weighted by Gasteiger charge is -2.19. The normalized spacial score (nSPS) is 12.4. The van der Waals surface area contributed by atoms with Gasteiger partial charge in [0.2, 0.25) is 0 Å². The minimum Gasteiger partial charge on any atom is -0.305 e. The average molecular weight is 333 g/mol. The number of nitrogens with zero attached hydrogens (tertiary/aromatic N) is 1. The van der Waals surface area contributed by atoms with E-state index in [-0.39, 0.29) is 6.04 Å². The highest BCUT2D eigenvalue weighted by atomic mass is 79.9. The topological polar surface area (TPSA) is 24.9 Å². The van der Waals surface area contributed by atoms with Gasteiger partial charge in [-0.25, -0.2) is 0 Å². The highest BCUT2D eigenvalue weighted by Gasteiger charge is 2.15. The third kappa shape index (κ3) is 3.68. The van der Waals surface area contributed by atoms with Gasteiger partial charge < -0.3 is 5.32 Å². The van der Waals surface area contributed by atoms with Crippen molar-refractivity contribution in [2.75, 3.05) is 6.54 Å². The van der Waals surface area contributed by atoms with Crippen LogP contribution in [0, 0.1) is 13.8 Å². The summed E-state index contributed by atoms with van der Waals surface area (Å²) in [5.74, 6) is 0. The van der Waals surface area contributed by atoms with E-state index in [0.29, 0.717) is 0 Å². The Morgan fingerprint density at radius 3 is 2.55 bits per heavy atom. The van der Waals surface area contributed by atoms with Crippen LogP contribution >= 0.6 is 15.9 Å². The van der Waals surface area contributed by atoms with E-state index in [1.807, 2.05) is 12.3 Å². The molecule has 2 nitrogen and oxygen atoms in total. The van der Waals surface area contributed by atoms with E-state index in [9.17, 15) is 0 Å². The van der Waals surface area contributed by atoms with Gasteiger partial charge in [-0.05, 0) is 71.6 Å². The summed E-state index contributed by atoms with van der Waals surface area (Å²) in [7, 11) is 0. The molecule has 0 spiro atoms. The molecule has 20 heavy (non-hydrogen) atoms. The molecule has 1 atom stereocenters. The first-order valence-electron chi connectivity index (χ1n) is 7.03. The molecular formula is C17H21BrN2. The second kappa shape index (κ2) is 7.00. The first kappa shape index (κ1) is 15.2. The van der Waals surface area contributed by atoms with Crippen molar-refractivity contribution in [3.05, 3.63) is 63.4 Å². The van der Waals surface area contributed by atoms with Crippen LogP contribution in [0.25, 0.3) is 0 Å². The molecule has 106 valence electrons. The second-order valence-corrected chi connectivity index (χ2v) is 6.05. The average Bonchev–Trinajstić information content (AvgIpc) is 2.45. The monoisotopic (exact) mass is 332 g/mol. The summed E-state index contributed by atoms with van der Waals surface area (Å²) < 4.78 is 1.01. The van der Waals surface area contributed by atoms with Gasteiger partial charge in [0.25, 0.3) is 0 Å². The van der Waals surface area contributed by atoms with E-state index in [1.165, 1.54) is 16.7 Å². The second-order valence-electron chi connectivity index (χ2n) is 5.13. The SMILES string of the molecule is CCCNC(c1ccc(C)c(C)c1)c1ccc(Br)cn1. The van der Waals surface area contributed by atoms with Crippen molar-refractivity contribution in [3.63, 3.8) is 0 Å². The molecule has 2 rings (SSSR count). The summed E-state index contributed by atoms with van der Waals surface area (Å²) in [6, 6.07) is 10.9. The minimum absolute atomic E-state index is 0.155. The Labute approximate surface area is 129 Å². The van der Waals surface area contributed by atoms with Crippen molar-refractivity contribution >= 4 is 15.9 Å². The zero-order chi connectivity index (χ0) is 14.5. The van der Waals surface area contributed by atoms with Crippen LogP contribution in [-0.4, -0.2) is 11.5 Å². The van der Waals surface area contributed by atoms with Gasteiger partial charge in [-0.1, -0.05) is 25.1 Å². The maximum Gasteiger partial charge on any atom is 0.0751 e. The van der Waals surface area contributed by atoms with Crippen LogP contribution in [0.4, 0.5) is 0 Å². The van der Waals surface area contributed by atoms with Crippen LogP contribution in [0.2, 0.25) is 0 Å². The zero-order valence-electron chi connectivity index (χ0n) is 12.3. The van der Waals surface area contributed by atoms with Crippen LogP contribution in [0.1, 0.15) is 41.8 Å². The maximum absolute atomic E-state index is 4.55. The molecule has 3 heteroatoms. The van der Waals surface area contributed by atoms with Gasteiger partial charge in [0.1, 0.15) is 0 Å². The van der Waals surface area contributed by atoms with E-state index >= 15 is 0 Å². The Morgan fingerprint density at radius 2 is 1.95 bits per heavy atom. The van der Waals surface area contributed by atoms with Gasteiger partial charge >= 0.3 is 0 Å². The lowest BCUT2D eigenvalue weighted by molar-refractivity contribution is 0.586. The van der Waals surface area contributed by atoms with E-state index in [0.717, 1.165) is 23.1 Å². The van der Waals surface area contributed by atoms with Gasteiger partial charge in [-0.2, -0.15) is 0 Å². The molecule has 0 radical (unpaired) electrons. The first-order chi connectivity index (χ1) is 9.61. The summed E-state index contributed by atoms with van der Waals surface area (Å²) in [4.78, 5) is 4.55. The van der Waals surface area contributed by atoms with Crippen LogP contribution in [0.5, 0.6) is 0 Å². The number of rotatable bonds is 5. The number of halogens is 1. The van der Waals surface area contributed by atoms with Gasteiger partial charge in [-0.15, -0.1) is 0 Å². The molecule has 2 aromatic rings. The smallest absolute Gasteiger partial charge is 0.0751 e. The molecule has 0 saturated carbocycles. The number of pyridine rings is 1. The molecule has 1 aromatic heterocycles. The van der Waals surface area contributed by atoms with Gasteiger partial charge in [0.15, 0.2) is 0 Å². The summed E-state index contributed by atoms with van der Waals surface area (Å²) in [5, 5.41) is 3.59. The predicted octanol–water partition coefficient (Wildman–Crippen LogP) is 4.55. The molecular weight excluding hydrogens is 312 g/mol. The fraction of sp³-hybridized carbons (Fsp3) is 0.353. The van der Waals surface area contributed by atoms with Gasteiger partial charge in [-0.3, -0.25) is 4.98 Å². The van der Waals surface area contributed by atoms with Crippen molar-refractivity contribution in [2.24, 2.45) is 0 Å². The Morgan fingerprint density at radius 1 is 1.15 bits per heavy atom. The Balaban J connectivity index is 2.35. The number of aryl methyl sites for hydroxylation is 2. The highest BCUT2D eigenvalue weighted by Crippen LogP contribution is 2.23. The van der Waals surface area contributed by atoms with E-state index in [1.54, 1.807) is 0 Å². The summed E-state index contributed by atoms with van der Waals surface area (Å²) in [6.45, 7) is 7.46. The van der Waals surface area contributed by atoms with Crippen LogP contribution < -0.4 is 5.32 Å². The molecule has 1 N–H and O–H groups in total. The van der Waals surface area contributed by atoms with Crippen molar-refractivity contribution in [1.29, 1.82) is 0 Å². The van der Waals surface area contributed by atoms with Crippen LogP contribution in [-0.2, 0) is 0 Å². The lowest BCUT2D eigenvalue weighted by Crippen LogP contribution is -2.24. The molecule has 0 aliphatic heterocycles. The van der Waals surface area contributed by atoms with Crippen LogP contribution in [0.15, 0.2) is 41.0 Å². The third-order valence-corrected chi connectivity index (χ3v) is 3.98. The zero-order valence-corrected chi connectivity index (χ0v) is 13.9. The number of aromatic nitrogens is 1. The first-order valence-corrected chi connectivity index (χ1v) is 7.83. The van der Waals surface area contributed by atoms with Crippen molar-refractivity contribution in [3.8, 4) is 0 Å². The largest absolute Gasteiger partial charge is 0.305 e. The molecule has 0 amide bonds. The van der Waals surface area contributed by atoms with Gasteiger partial charge in [0, 0.05) is 10.7 Å². The standard InChI is InChI=1S/C17H21BrN2/c1-4-9-19-17(16-8-7-15(18)11-20-16)14-6-5-12(2)13(3)10-14/h5-8,10-11,17,19H,4,9H2,1-3H3. The minimum atomic E-state index is 0.155. The van der Waals surface area contributed by atoms with E-state index < -0.39 is 0 Å². The summed E-state index contributed by atoms with van der Waals surface area (Å²) in [5.41, 5.74) is 4.98. The quantitative estimate of drug-likeness (QED) is 0.868. The van der Waals surface area contributed by atoms with E-state index in [4.69, 9.17) is 0 Å². The van der Waals surface area contributed by atoms with Crippen molar-refractivity contribution in [2.45, 2.75) is 33.2 Å². The maximum atomic E-state index is 4.55.